The van der Waals surface area contributed by atoms with Crippen LogP contribution >= 0.6 is 11.8 Å². The minimum absolute atomic E-state index is 0.0137. The number of hydrogen-bond donors (Lipinski definition) is 1. The molecule has 3 aliphatic rings. The summed E-state index contributed by atoms with van der Waals surface area (Å²) in [5, 5.41) is 11.5. The molecule has 2 bridgehead atoms. The van der Waals surface area contributed by atoms with Gasteiger partial charge < -0.3 is 14.6 Å². The number of hydrogen-bond acceptors (Lipinski definition) is 6. The number of rotatable bonds is 7. The molecule has 1 aromatic rings. The summed E-state index contributed by atoms with van der Waals surface area (Å²) in [6, 6.07) is 0.234. The van der Waals surface area contributed by atoms with Gasteiger partial charge in [-0.2, -0.15) is 0 Å². The van der Waals surface area contributed by atoms with Crippen LogP contribution in [-0.2, 0) is 16.1 Å². The third-order valence-corrected chi connectivity index (χ3v) is 6.91. The number of carbonyl (C=O) groups is 2. The SMILES string of the molecule is CC(NC(=O)CSc1nnc(CN2CCCC2=O)o1)C1CC2CCC1C2. The van der Waals surface area contributed by atoms with E-state index in [9.17, 15) is 9.59 Å². The minimum atomic E-state index is 0.0137. The molecule has 7 nitrogen and oxygen atoms in total. The van der Waals surface area contributed by atoms with E-state index in [1.165, 1.54) is 37.4 Å². The molecule has 1 aromatic heterocycles. The molecule has 1 saturated heterocycles. The van der Waals surface area contributed by atoms with Gasteiger partial charge in [0.1, 0.15) is 0 Å². The predicted molar refractivity (Wildman–Crippen MR) is 96.2 cm³/mol. The third-order valence-electron chi connectivity index (χ3n) is 6.10. The van der Waals surface area contributed by atoms with Crippen LogP contribution in [0.5, 0.6) is 0 Å². The first-order valence-corrected chi connectivity index (χ1v) is 10.6. The van der Waals surface area contributed by atoms with Crippen molar-refractivity contribution in [3.05, 3.63) is 5.89 Å². The Bertz CT molecular complexity index is 679. The van der Waals surface area contributed by atoms with Gasteiger partial charge in [-0.05, 0) is 50.4 Å². The Balaban J connectivity index is 1.21. The van der Waals surface area contributed by atoms with Crippen LogP contribution in [0, 0.1) is 17.8 Å². The first-order chi connectivity index (χ1) is 12.6. The summed E-state index contributed by atoms with van der Waals surface area (Å²) in [5.74, 6) is 3.17. The summed E-state index contributed by atoms with van der Waals surface area (Å²) in [4.78, 5) is 25.6. The van der Waals surface area contributed by atoms with Crippen LogP contribution in [0.4, 0.5) is 0 Å². The van der Waals surface area contributed by atoms with E-state index in [2.05, 4.69) is 22.4 Å². The van der Waals surface area contributed by atoms with Crippen molar-refractivity contribution in [1.29, 1.82) is 0 Å². The number of fused-ring (bicyclic) bond motifs is 2. The van der Waals surface area contributed by atoms with E-state index in [1.807, 2.05) is 0 Å². The maximum absolute atomic E-state index is 12.2. The average molecular weight is 378 g/mol. The Morgan fingerprint density at radius 3 is 2.96 bits per heavy atom. The van der Waals surface area contributed by atoms with Crippen molar-refractivity contribution in [2.24, 2.45) is 17.8 Å². The van der Waals surface area contributed by atoms with Crippen molar-refractivity contribution >= 4 is 23.6 Å². The number of amides is 2. The van der Waals surface area contributed by atoms with E-state index >= 15 is 0 Å². The van der Waals surface area contributed by atoms with E-state index in [-0.39, 0.29) is 23.6 Å². The zero-order valence-electron chi connectivity index (χ0n) is 15.1. The Morgan fingerprint density at radius 2 is 2.27 bits per heavy atom. The van der Waals surface area contributed by atoms with Gasteiger partial charge in [-0.15, -0.1) is 10.2 Å². The van der Waals surface area contributed by atoms with Gasteiger partial charge in [0.15, 0.2) is 0 Å². The zero-order chi connectivity index (χ0) is 18.1. The van der Waals surface area contributed by atoms with Gasteiger partial charge >= 0.3 is 0 Å². The molecule has 0 spiro atoms. The Hall–Kier alpha value is -1.57. The maximum atomic E-state index is 12.2. The lowest BCUT2D eigenvalue weighted by Gasteiger charge is -2.28. The molecule has 1 aliphatic heterocycles. The number of carbonyl (C=O) groups excluding carboxylic acids is 2. The van der Waals surface area contributed by atoms with Crippen molar-refractivity contribution in [3.8, 4) is 0 Å². The highest BCUT2D eigenvalue weighted by atomic mass is 32.2. The Morgan fingerprint density at radius 1 is 1.38 bits per heavy atom. The van der Waals surface area contributed by atoms with Gasteiger partial charge in [-0.3, -0.25) is 9.59 Å². The largest absolute Gasteiger partial charge is 0.414 e. The quantitative estimate of drug-likeness (QED) is 0.732. The lowest BCUT2D eigenvalue weighted by atomic mass is 9.84. The summed E-state index contributed by atoms with van der Waals surface area (Å²) in [5.41, 5.74) is 0. The van der Waals surface area contributed by atoms with Crippen LogP contribution in [0.2, 0.25) is 0 Å². The molecule has 2 heterocycles. The topological polar surface area (TPSA) is 88.3 Å². The van der Waals surface area contributed by atoms with Gasteiger partial charge in [0.05, 0.1) is 12.3 Å². The van der Waals surface area contributed by atoms with E-state index in [0.717, 1.165) is 24.8 Å². The van der Waals surface area contributed by atoms with Crippen molar-refractivity contribution in [1.82, 2.24) is 20.4 Å². The maximum Gasteiger partial charge on any atom is 0.277 e. The molecule has 3 fully saturated rings. The highest BCUT2D eigenvalue weighted by Gasteiger charge is 2.42. The summed E-state index contributed by atoms with van der Waals surface area (Å²) >= 11 is 1.25. The first-order valence-electron chi connectivity index (χ1n) is 9.61. The van der Waals surface area contributed by atoms with Crippen molar-refractivity contribution in [3.63, 3.8) is 0 Å². The van der Waals surface area contributed by atoms with Crippen LogP contribution in [0.1, 0.15) is 51.3 Å². The number of likely N-dealkylation sites (tertiary alicyclic amines) is 1. The van der Waals surface area contributed by atoms with Gasteiger partial charge in [-0.25, -0.2) is 0 Å². The smallest absolute Gasteiger partial charge is 0.277 e. The van der Waals surface area contributed by atoms with Gasteiger partial charge in [0.2, 0.25) is 17.7 Å². The molecule has 4 rings (SSSR count). The summed E-state index contributed by atoms with van der Waals surface area (Å²) < 4.78 is 5.56. The highest BCUT2D eigenvalue weighted by molar-refractivity contribution is 7.99. The summed E-state index contributed by atoms with van der Waals surface area (Å²) in [7, 11) is 0. The predicted octanol–water partition coefficient (Wildman–Crippen LogP) is 2.22. The second-order valence-corrected chi connectivity index (χ2v) is 8.79. The molecule has 0 aromatic carbocycles. The first kappa shape index (κ1) is 17.8. The molecule has 2 saturated carbocycles. The van der Waals surface area contributed by atoms with Gasteiger partial charge in [0, 0.05) is 19.0 Å². The van der Waals surface area contributed by atoms with Crippen molar-refractivity contribution < 1.29 is 14.0 Å². The van der Waals surface area contributed by atoms with E-state index in [0.29, 0.717) is 30.0 Å². The second kappa shape index (κ2) is 7.58. The van der Waals surface area contributed by atoms with Gasteiger partial charge in [0.25, 0.3) is 5.22 Å². The molecule has 8 heteroatoms. The van der Waals surface area contributed by atoms with Crippen molar-refractivity contribution in [2.45, 2.75) is 63.3 Å². The molecule has 2 aliphatic carbocycles. The fraction of sp³-hybridized carbons (Fsp3) is 0.778. The number of aromatic nitrogens is 2. The molecule has 4 unspecified atom stereocenters. The van der Waals surface area contributed by atoms with Gasteiger partial charge in [-0.1, -0.05) is 18.2 Å². The number of nitrogens with one attached hydrogen (secondary N) is 1. The van der Waals surface area contributed by atoms with Crippen LogP contribution < -0.4 is 5.32 Å². The molecule has 4 atom stereocenters. The fourth-order valence-corrected chi connectivity index (χ4v) is 5.42. The molecule has 26 heavy (non-hydrogen) atoms. The monoisotopic (exact) mass is 378 g/mol. The molecule has 1 N–H and O–H groups in total. The fourth-order valence-electron chi connectivity index (χ4n) is 4.83. The Labute approximate surface area is 157 Å². The van der Waals surface area contributed by atoms with Crippen LogP contribution in [-0.4, -0.2) is 45.3 Å². The lowest BCUT2D eigenvalue weighted by molar-refractivity contribution is -0.128. The zero-order valence-corrected chi connectivity index (χ0v) is 16.0. The van der Waals surface area contributed by atoms with Crippen LogP contribution in [0.15, 0.2) is 9.64 Å². The molecule has 2 amide bonds. The number of nitrogens with zero attached hydrogens (tertiary/aromatic N) is 3. The standard InChI is InChI=1S/C18H26N4O3S/c1-11(14-8-12-4-5-13(14)7-12)19-15(23)10-26-18-21-20-16(25-18)9-22-6-2-3-17(22)24/h11-14H,2-10H2,1H3,(H,19,23). The highest BCUT2D eigenvalue weighted by Crippen LogP contribution is 2.49. The minimum Gasteiger partial charge on any atom is -0.414 e. The van der Waals surface area contributed by atoms with Crippen LogP contribution in [0.25, 0.3) is 0 Å². The summed E-state index contributed by atoms with van der Waals surface area (Å²) in [6.07, 6.45) is 6.80. The average Bonchev–Trinajstić information content (AvgIpc) is 3.39. The van der Waals surface area contributed by atoms with E-state index in [1.54, 1.807) is 4.90 Å². The van der Waals surface area contributed by atoms with Crippen LogP contribution in [0.3, 0.4) is 0 Å². The van der Waals surface area contributed by atoms with Crippen molar-refractivity contribution in [2.75, 3.05) is 12.3 Å². The third kappa shape index (κ3) is 3.89. The second-order valence-electron chi connectivity index (χ2n) is 7.86. The molecule has 0 radical (unpaired) electrons. The normalized spacial score (nSPS) is 28.7. The van der Waals surface area contributed by atoms with E-state index < -0.39 is 0 Å². The number of thioether (sulfide) groups is 1. The summed E-state index contributed by atoms with van der Waals surface area (Å²) in [6.45, 7) is 3.23. The molecule has 142 valence electrons. The Kier molecular flexibility index (Phi) is 5.20. The molecular formula is C18H26N4O3S. The molecular weight excluding hydrogens is 352 g/mol. The van der Waals surface area contributed by atoms with E-state index in [4.69, 9.17) is 4.42 Å². The lowest BCUT2D eigenvalue weighted by Crippen LogP contribution is -2.40.